The summed E-state index contributed by atoms with van der Waals surface area (Å²) in [6, 6.07) is 6.79. The Bertz CT molecular complexity index is 523. The number of hydrogen-bond acceptors (Lipinski definition) is 3. The fourth-order valence-corrected chi connectivity index (χ4v) is 3.47. The van der Waals surface area contributed by atoms with Crippen LogP contribution in [0.3, 0.4) is 0 Å². The Morgan fingerprint density at radius 1 is 1.05 bits per heavy atom. The Morgan fingerprint density at radius 3 is 2.25 bits per heavy atom. The van der Waals surface area contributed by atoms with Gasteiger partial charge in [-0.15, -0.1) is 0 Å². The molecule has 0 amide bonds. The van der Waals surface area contributed by atoms with Crippen molar-refractivity contribution >= 4 is 27.4 Å². The van der Waals surface area contributed by atoms with E-state index in [-0.39, 0.29) is 17.9 Å². The zero-order valence-corrected chi connectivity index (χ0v) is 12.8. The average molecular weight is 319 g/mol. The Morgan fingerprint density at radius 2 is 1.65 bits per heavy atom. The van der Waals surface area contributed by atoms with Gasteiger partial charge in [0.25, 0.3) is 0 Å². The van der Waals surface area contributed by atoms with E-state index >= 15 is 0 Å². The normalized spacial score (nSPS) is 11.4. The molecule has 0 aliphatic carbocycles. The van der Waals surface area contributed by atoms with Gasteiger partial charge in [0, 0.05) is 11.4 Å². The quantitative estimate of drug-likeness (QED) is 0.709. The maximum absolute atomic E-state index is 11.9. The molecular formula is C14H19ClO4S. The molecule has 0 aliphatic rings. The third-order valence-electron chi connectivity index (χ3n) is 2.90. The minimum absolute atomic E-state index is 0.0271. The zero-order valence-electron chi connectivity index (χ0n) is 11.2. The molecule has 1 rings (SSSR count). The van der Waals surface area contributed by atoms with Crippen molar-refractivity contribution < 1.29 is 18.3 Å². The van der Waals surface area contributed by atoms with Crippen molar-refractivity contribution in [3.8, 4) is 0 Å². The summed E-state index contributed by atoms with van der Waals surface area (Å²) in [4.78, 5) is 10.3. The second kappa shape index (κ2) is 8.27. The van der Waals surface area contributed by atoms with Gasteiger partial charge in [-0.05, 0) is 30.5 Å². The smallest absolute Gasteiger partial charge is 0.303 e. The molecule has 6 heteroatoms. The van der Waals surface area contributed by atoms with E-state index in [2.05, 4.69) is 0 Å². The van der Waals surface area contributed by atoms with E-state index in [1.807, 2.05) is 0 Å². The van der Waals surface area contributed by atoms with Crippen molar-refractivity contribution in [2.45, 2.75) is 37.9 Å². The zero-order chi connectivity index (χ0) is 15.0. The van der Waals surface area contributed by atoms with Gasteiger partial charge < -0.3 is 5.11 Å². The molecule has 0 atom stereocenters. The standard InChI is InChI=1S/C14H19ClO4S/c15-13-8-6-12(7-9-13)11-20(18,19)10-4-2-1-3-5-14(16)17/h6-9H,1-5,10-11H2,(H,16,17). The van der Waals surface area contributed by atoms with Gasteiger partial charge in [-0.25, -0.2) is 8.42 Å². The topological polar surface area (TPSA) is 71.4 Å². The summed E-state index contributed by atoms with van der Waals surface area (Å²) in [5.74, 6) is -0.637. The number of carbonyl (C=O) groups is 1. The number of halogens is 1. The molecule has 4 nitrogen and oxygen atoms in total. The molecule has 0 radical (unpaired) electrons. The molecule has 112 valence electrons. The van der Waals surface area contributed by atoms with Crippen LogP contribution in [0.2, 0.25) is 5.02 Å². The van der Waals surface area contributed by atoms with Crippen LogP contribution in [-0.2, 0) is 20.4 Å². The molecule has 0 bridgehead atoms. The first-order valence-corrected chi connectivity index (χ1v) is 8.76. The van der Waals surface area contributed by atoms with E-state index < -0.39 is 15.8 Å². The molecule has 0 heterocycles. The lowest BCUT2D eigenvalue weighted by Crippen LogP contribution is -2.09. The second-order valence-corrected chi connectivity index (χ2v) is 7.40. The van der Waals surface area contributed by atoms with Gasteiger partial charge in [0.15, 0.2) is 9.84 Å². The lowest BCUT2D eigenvalue weighted by Gasteiger charge is -2.05. The van der Waals surface area contributed by atoms with Crippen LogP contribution in [0.4, 0.5) is 0 Å². The van der Waals surface area contributed by atoms with Crippen LogP contribution in [0.5, 0.6) is 0 Å². The summed E-state index contributed by atoms with van der Waals surface area (Å²) < 4.78 is 23.8. The van der Waals surface area contributed by atoms with Crippen molar-refractivity contribution in [3.05, 3.63) is 34.9 Å². The number of aliphatic carboxylic acids is 1. The molecule has 0 spiro atoms. The summed E-state index contributed by atoms with van der Waals surface area (Å²) in [5, 5.41) is 9.07. The molecule has 0 saturated carbocycles. The van der Waals surface area contributed by atoms with Crippen LogP contribution >= 0.6 is 11.6 Å². The van der Waals surface area contributed by atoms with Gasteiger partial charge in [-0.1, -0.05) is 36.6 Å². The van der Waals surface area contributed by atoms with E-state index in [1.54, 1.807) is 24.3 Å². The molecule has 0 unspecified atom stereocenters. The van der Waals surface area contributed by atoms with Crippen LogP contribution in [0, 0.1) is 0 Å². The SMILES string of the molecule is O=C(O)CCCCCCS(=O)(=O)Cc1ccc(Cl)cc1. The van der Waals surface area contributed by atoms with E-state index in [1.165, 1.54) is 0 Å². The van der Waals surface area contributed by atoms with E-state index in [4.69, 9.17) is 16.7 Å². The second-order valence-electron chi connectivity index (χ2n) is 4.78. The van der Waals surface area contributed by atoms with Crippen molar-refractivity contribution in [2.24, 2.45) is 0 Å². The maximum Gasteiger partial charge on any atom is 0.303 e. The highest BCUT2D eigenvalue weighted by Gasteiger charge is 2.11. The summed E-state index contributed by atoms with van der Waals surface area (Å²) >= 11 is 5.75. The summed E-state index contributed by atoms with van der Waals surface area (Å²) in [7, 11) is -3.11. The number of unbranched alkanes of at least 4 members (excludes halogenated alkanes) is 3. The van der Waals surface area contributed by atoms with Crippen LogP contribution in [0.25, 0.3) is 0 Å². The highest BCUT2D eigenvalue weighted by atomic mass is 35.5. The van der Waals surface area contributed by atoms with E-state index in [0.717, 1.165) is 18.4 Å². The number of sulfone groups is 1. The monoisotopic (exact) mass is 318 g/mol. The largest absolute Gasteiger partial charge is 0.481 e. The van der Waals surface area contributed by atoms with Crippen molar-refractivity contribution in [2.75, 3.05) is 5.75 Å². The van der Waals surface area contributed by atoms with Gasteiger partial charge in [0.05, 0.1) is 11.5 Å². The van der Waals surface area contributed by atoms with Crippen LogP contribution in [-0.4, -0.2) is 25.2 Å². The number of hydrogen-bond donors (Lipinski definition) is 1. The Hall–Kier alpha value is -1.07. The first-order valence-electron chi connectivity index (χ1n) is 6.56. The maximum atomic E-state index is 11.9. The number of rotatable bonds is 9. The molecule has 1 aromatic carbocycles. The Labute approximate surface area is 124 Å². The molecule has 0 aromatic heterocycles. The molecule has 20 heavy (non-hydrogen) atoms. The first kappa shape index (κ1) is 17.0. The predicted octanol–water partition coefficient (Wildman–Crippen LogP) is 3.29. The number of carboxylic acid groups (broad SMARTS) is 1. The third-order valence-corrected chi connectivity index (χ3v) is 4.83. The molecular weight excluding hydrogens is 300 g/mol. The fraction of sp³-hybridized carbons (Fsp3) is 0.500. The van der Waals surface area contributed by atoms with Crippen LogP contribution in [0.15, 0.2) is 24.3 Å². The first-order chi connectivity index (χ1) is 9.39. The molecule has 1 aromatic rings. The van der Waals surface area contributed by atoms with Crippen LogP contribution < -0.4 is 0 Å². The van der Waals surface area contributed by atoms with Gasteiger partial charge >= 0.3 is 5.97 Å². The molecule has 0 aliphatic heterocycles. The minimum atomic E-state index is -3.11. The highest BCUT2D eigenvalue weighted by molar-refractivity contribution is 7.90. The van der Waals surface area contributed by atoms with Crippen molar-refractivity contribution in [1.29, 1.82) is 0 Å². The minimum Gasteiger partial charge on any atom is -0.481 e. The van der Waals surface area contributed by atoms with E-state index in [9.17, 15) is 13.2 Å². The molecule has 0 fully saturated rings. The summed E-state index contributed by atoms with van der Waals surface area (Å²) in [6.45, 7) is 0. The lowest BCUT2D eigenvalue weighted by molar-refractivity contribution is -0.137. The Balaban J connectivity index is 2.28. The summed E-state index contributed by atoms with van der Waals surface area (Å²) in [5.41, 5.74) is 0.736. The third kappa shape index (κ3) is 7.50. The van der Waals surface area contributed by atoms with Crippen molar-refractivity contribution in [3.63, 3.8) is 0 Å². The number of benzene rings is 1. The van der Waals surface area contributed by atoms with Gasteiger partial charge in [0.2, 0.25) is 0 Å². The number of carboxylic acids is 1. The van der Waals surface area contributed by atoms with Gasteiger partial charge in [-0.2, -0.15) is 0 Å². The fourth-order valence-electron chi connectivity index (χ4n) is 1.86. The van der Waals surface area contributed by atoms with Gasteiger partial charge in [-0.3, -0.25) is 4.79 Å². The molecule has 0 saturated heterocycles. The Kier molecular flexibility index (Phi) is 7.02. The predicted molar refractivity (Wildman–Crippen MR) is 79.7 cm³/mol. The highest BCUT2D eigenvalue weighted by Crippen LogP contribution is 2.13. The lowest BCUT2D eigenvalue weighted by atomic mass is 10.2. The van der Waals surface area contributed by atoms with Gasteiger partial charge in [0.1, 0.15) is 0 Å². The molecule has 1 N–H and O–H groups in total. The average Bonchev–Trinajstić information content (AvgIpc) is 2.36. The summed E-state index contributed by atoms with van der Waals surface area (Å²) in [6.07, 6.45) is 2.83. The van der Waals surface area contributed by atoms with Crippen molar-refractivity contribution in [1.82, 2.24) is 0 Å². The van der Waals surface area contributed by atoms with Crippen LogP contribution in [0.1, 0.15) is 37.7 Å². The van der Waals surface area contributed by atoms with E-state index in [0.29, 0.717) is 17.9 Å².